The number of hydrogen-bond donors (Lipinski definition) is 1. The normalized spacial score (nSPS) is 11.0. The van der Waals surface area contributed by atoms with Gasteiger partial charge in [-0.2, -0.15) is 0 Å². The van der Waals surface area contributed by atoms with Crippen LogP contribution in [0.15, 0.2) is 54.7 Å². The summed E-state index contributed by atoms with van der Waals surface area (Å²) in [6.07, 6.45) is 2.08. The topological polar surface area (TPSA) is 25.2 Å². The molecule has 3 aromatic rings. The molecule has 0 amide bonds. The molecule has 2 aromatic carbocycles. The van der Waals surface area contributed by atoms with Crippen LogP contribution in [0.25, 0.3) is 22.0 Å². The first-order valence-corrected chi connectivity index (χ1v) is 6.04. The molecule has 0 saturated heterocycles. The molecule has 0 aliphatic rings. The quantitative estimate of drug-likeness (QED) is 0.726. The smallest absolute Gasteiger partial charge is 0.0681 e. The molecule has 1 N–H and O–H groups in total. The average molecular weight is 237 g/mol. The van der Waals surface area contributed by atoms with Crippen molar-refractivity contribution in [3.05, 3.63) is 60.3 Å². The number of aliphatic hydroxyl groups excluding tert-OH is 1. The van der Waals surface area contributed by atoms with Gasteiger partial charge >= 0.3 is 0 Å². The number of benzene rings is 2. The molecular formula is C16H15NO. The summed E-state index contributed by atoms with van der Waals surface area (Å²) in [6, 6.07) is 16.5. The van der Waals surface area contributed by atoms with Gasteiger partial charge in [0.15, 0.2) is 0 Å². The van der Waals surface area contributed by atoms with Crippen LogP contribution < -0.4 is 0 Å². The SMILES string of the molecule is Cn1ccc2cccc(-c3ccc(CO)cc3)c21. The van der Waals surface area contributed by atoms with E-state index in [0.717, 1.165) is 5.56 Å². The Kier molecular flexibility index (Phi) is 2.65. The summed E-state index contributed by atoms with van der Waals surface area (Å²) >= 11 is 0. The van der Waals surface area contributed by atoms with Gasteiger partial charge in [-0.05, 0) is 17.2 Å². The fraction of sp³-hybridized carbons (Fsp3) is 0.125. The fourth-order valence-electron chi connectivity index (χ4n) is 2.38. The minimum Gasteiger partial charge on any atom is -0.392 e. The van der Waals surface area contributed by atoms with Gasteiger partial charge in [-0.15, -0.1) is 0 Å². The molecule has 0 saturated carbocycles. The fourth-order valence-corrected chi connectivity index (χ4v) is 2.38. The first-order valence-electron chi connectivity index (χ1n) is 6.04. The van der Waals surface area contributed by atoms with Gasteiger partial charge in [0.25, 0.3) is 0 Å². The molecule has 1 heterocycles. The van der Waals surface area contributed by atoms with E-state index >= 15 is 0 Å². The van der Waals surface area contributed by atoms with Crippen LogP contribution in [0, 0.1) is 0 Å². The van der Waals surface area contributed by atoms with Gasteiger partial charge in [0.05, 0.1) is 12.1 Å². The van der Waals surface area contributed by atoms with Crippen molar-refractivity contribution in [1.29, 1.82) is 0 Å². The molecule has 2 heteroatoms. The molecule has 0 fully saturated rings. The lowest BCUT2D eigenvalue weighted by Gasteiger charge is -2.07. The maximum Gasteiger partial charge on any atom is 0.0681 e. The number of aliphatic hydroxyl groups is 1. The van der Waals surface area contributed by atoms with Gasteiger partial charge in [-0.1, -0.05) is 42.5 Å². The van der Waals surface area contributed by atoms with E-state index in [2.05, 4.69) is 54.2 Å². The molecule has 0 radical (unpaired) electrons. The standard InChI is InChI=1S/C16H15NO/c1-17-10-9-14-3-2-4-15(16(14)17)13-7-5-12(11-18)6-8-13/h2-10,18H,11H2,1H3. The lowest BCUT2D eigenvalue weighted by Crippen LogP contribution is -1.89. The second kappa shape index (κ2) is 4.31. The Morgan fingerprint density at radius 3 is 2.50 bits per heavy atom. The molecule has 0 unspecified atom stereocenters. The summed E-state index contributed by atoms with van der Waals surface area (Å²) in [5.41, 5.74) is 4.59. The van der Waals surface area contributed by atoms with Crippen molar-refractivity contribution in [3.63, 3.8) is 0 Å². The van der Waals surface area contributed by atoms with Crippen LogP contribution in [-0.4, -0.2) is 9.67 Å². The summed E-state index contributed by atoms with van der Waals surface area (Å²) in [6.45, 7) is 0.0919. The summed E-state index contributed by atoms with van der Waals surface area (Å²) in [5, 5.41) is 10.3. The Morgan fingerprint density at radius 2 is 1.78 bits per heavy atom. The highest BCUT2D eigenvalue weighted by Gasteiger charge is 2.06. The Labute approximate surface area is 106 Å². The highest BCUT2D eigenvalue weighted by Crippen LogP contribution is 2.29. The molecule has 18 heavy (non-hydrogen) atoms. The third-order valence-electron chi connectivity index (χ3n) is 3.35. The molecule has 0 atom stereocenters. The number of aryl methyl sites for hydroxylation is 1. The third kappa shape index (κ3) is 1.71. The van der Waals surface area contributed by atoms with Crippen molar-refractivity contribution in [1.82, 2.24) is 4.57 Å². The van der Waals surface area contributed by atoms with E-state index in [1.807, 2.05) is 12.1 Å². The lowest BCUT2D eigenvalue weighted by molar-refractivity contribution is 0.282. The van der Waals surface area contributed by atoms with Crippen molar-refractivity contribution in [2.45, 2.75) is 6.61 Å². The molecule has 1 aromatic heterocycles. The Balaban J connectivity index is 2.21. The van der Waals surface area contributed by atoms with Crippen molar-refractivity contribution in [3.8, 4) is 11.1 Å². The number of aromatic nitrogens is 1. The maximum absolute atomic E-state index is 9.08. The lowest BCUT2D eigenvalue weighted by atomic mass is 10.0. The van der Waals surface area contributed by atoms with E-state index in [9.17, 15) is 0 Å². The monoisotopic (exact) mass is 237 g/mol. The molecule has 0 bridgehead atoms. The van der Waals surface area contributed by atoms with Gasteiger partial charge < -0.3 is 9.67 Å². The zero-order valence-electron chi connectivity index (χ0n) is 10.3. The van der Waals surface area contributed by atoms with Gasteiger partial charge in [0.2, 0.25) is 0 Å². The minimum absolute atomic E-state index is 0.0919. The second-order valence-electron chi connectivity index (χ2n) is 4.53. The third-order valence-corrected chi connectivity index (χ3v) is 3.35. The maximum atomic E-state index is 9.08. The number of para-hydroxylation sites is 1. The summed E-state index contributed by atoms with van der Waals surface area (Å²) < 4.78 is 2.14. The van der Waals surface area contributed by atoms with Crippen LogP contribution in [-0.2, 0) is 13.7 Å². The highest BCUT2D eigenvalue weighted by atomic mass is 16.3. The summed E-state index contributed by atoms with van der Waals surface area (Å²) in [7, 11) is 2.06. The number of hydrogen-bond acceptors (Lipinski definition) is 1. The predicted molar refractivity (Wildman–Crippen MR) is 74.3 cm³/mol. The molecule has 2 nitrogen and oxygen atoms in total. The van der Waals surface area contributed by atoms with Crippen molar-refractivity contribution in [2.75, 3.05) is 0 Å². The van der Waals surface area contributed by atoms with E-state index in [1.165, 1.54) is 22.0 Å². The summed E-state index contributed by atoms with van der Waals surface area (Å²) in [4.78, 5) is 0. The van der Waals surface area contributed by atoms with Crippen LogP contribution in [0.5, 0.6) is 0 Å². The first kappa shape index (κ1) is 11.1. The summed E-state index contributed by atoms with van der Waals surface area (Å²) in [5.74, 6) is 0. The van der Waals surface area contributed by atoms with Crippen LogP contribution >= 0.6 is 0 Å². The second-order valence-corrected chi connectivity index (χ2v) is 4.53. The zero-order valence-corrected chi connectivity index (χ0v) is 10.3. The largest absolute Gasteiger partial charge is 0.392 e. The van der Waals surface area contributed by atoms with Gasteiger partial charge in [0, 0.05) is 24.2 Å². The van der Waals surface area contributed by atoms with E-state index < -0.39 is 0 Å². The molecule has 3 rings (SSSR count). The van der Waals surface area contributed by atoms with Crippen molar-refractivity contribution >= 4 is 10.9 Å². The van der Waals surface area contributed by atoms with Gasteiger partial charge in [-0.3, -0.25) is 0 Å². The number of rotatable bonds is 2. The zero-order chi connectivity index (χ0) is 12.5. The van der Waals surface area contributed by atoms with Crippen LogP contribution in [0.4, 0.5) is 0 Å². The Morgan fingerprint density at radius 1 is 1.00 bits per heavy atom. The molecule has 90 valence electrons. The van der Waals surface area contributed by atoms with E-state index in [0.29, 0.717) is 0 Å². The van der Waals surface area contributed by atoms with E-state index in [-0.39, 0.29) is 6.61 Å². The Hall–Kier alpha value is -2.06. The van der Waals surface area contributed by atoms with Crippen LogP contribution in [0.1, 0.15) is 5.56 Å². The van der Waals surface area contributed by atoms with Crippen LogP contribution in [0.2, 0.25) is 0 Å². The average Bonchev–Trinajstić information content (AvgIpc) is 2.81. The molecule has 0 aliphatic heterocycles. The number of fused-ring (bicyclic) bond motifs is 1. The van der Waals surface area contributed by atoms with E-state index in [1.54, 1.807) is 0 Å². The molecule has 0 spiro atoms. The first-order chi connectivity index (χ1) is 8.79. The predicted octanol–water partition coefficient (Wildman–Crippen LogP) is 3.34. The van der Waals surface area contributed by atoms with Crippen molar-refractivity contribution in [2.24, 2.45) is 7.05 Å². The van der Waals surface area contributed by atoms with Crippen molar-refractivity contribution < 1.29 is 5.11 Å². The minimum atomic E-state index is 0.0919. The molecule has 0 aliphatic carbocycles. The Bertz CT molecular complexity index is 680. The van der Waals surface area contributed by atoms with Crippen LogP contribution in [0.3, 0.4) is 0 Å². The molecular weight excluding hydrogens is 222 g/mol. The van der Waals surface area contributed by atoms with E-state index in [4.69, 9.17) is 5.11 Å². The van der Waals surface area contributed by atoms with Gasteiger partial charge in [-0.25, -0.2) is 0 Å². The number of nitrogens with zero attached hydrogens (tertiary/aromatic N) is 1. The van der Waals surface area contributed by atoms with Gasteiger partial charge in [0.1, 0.15) is 0 Å². The highest BCUT2D eigenvalue weighted by molar-refractivity contribution is 5.94.